The van der Waals surface area contributed by atoms with E-state index in [0.29, 0.717) is 18.9 Å². The van der Waals surface area contributed by atoms with Crippen molar-refractivity contribution < 1.29 is 13.2 Å². The molecule has 0 bridgehead atoms. The van der Waals surface area contributed by atoms with E-state index in [9.17, 15) is 8.42 Å². The van der Waals surface area contributed by atoms with Crippen molar-refractivity contribution >= 4 is 26.6 Å². The van der Waals surface area contributed by atoms with Crippen LogP contribution in [0.25, 0.3) is 10.9 Å². The lowest BCUT2D eigenvalue weighted by molar-refractivity contribution is 0.0662. The Bertz CT molecular complexity index is 1040. The van der Waals surface area contributed by atoms with Gasteiger partial charge in [0.05, 0.1) is 23.4 Å². The number of hydrogen-bond donors (Lipinski definition) is 1. The van der Waals surface area contributed by atoms with Crippen molar-refractivity contribution in [2.24, 2.45) is 0 Å². The lowest BCUT2D eigenvalue weighted by Crippen LogP contribution is -2.20. The fourth-order valence-corrected chi connectivity index (χ4v) is 4.23. The smallest absolute Gasteiger partial charge is 0.265 e. The van der Waals surface area contributed by atoms with Crippen LogP contribution < -0.4 is 4.72 Å². The monoisotopic (exact) mass is 372 g/mol. The SMILES string of the molecule is Cc1ccc(NS(=O)(=O)c2cnn(C3CCOCC3)c2)c2cccnc12. The summed E-state index contributed by atoms with van der Waals surface area (Å²) in [5.41, 5.74) is 2.29. The third-order valence-electron chi connectivity index (χ3n) is 4.67. The first-order valence-electron chi connectivity index (χ1n) is 8.54. The van der Waals surface area contributed by atoms with Gasteiger partial charge in [-0.15, -0.1) is 0 Å². The molecule has 8 heteroatoms. The molecule has 1 saturated heterocycles. The third-order valence-corrected chi connectivity index (χ3v) is 5.99. The first-order chi connectivity index (χ1) is 12.5. The highest BCUT2D eigenvalue weighted by molar-refractivity contribution is 7.92. The number of benzene rings is 1. The van der Waals surface area contributed by atoms with Crippen LogP contribution >= 0.6 is 0 Å². The van der Waals surface area contributed by atoms with Crippen molar-refractivity contribution in [2.75, 3.05) is 17.9 Å². The molecule has 2 aromatic heterocycles. The summed E-state index contributed by atoms with van der Waals surface area (Å²) in [4.78, 5) is 4.50. The summed E-state index contributed by atoms with van der Waals surface area (Å²) in [6.45, 7) is 3.30. The van der Waals surface area contributed by atoms with Crippen molar-refractivity contribution in [1.29, 1.82) is 0 Å². The molecule has 0 saturated carbocycles. The minimum atomic E-state index is -3.73. The molecular weight excluding hydrogens is 352 g/mol. The van der Waals surface area contributed by atoms with Gasteiger partial charge in [0.15, 0.2) is 0 Å². The summed E-state index contributed by atoms with van der Waals surface area (Å²) in [7, 11) is -3.73. The Kier molecular flexibility index (Phi) is 4.37. The lowest BCUT2D eigenvalue weighted by atomic mass is 10.1. The summed E-state index contributed by atoms with van der Waals surface area (Å²) in [5, 5.41) is 5.03. The molecule has 3 aromatic rings. The number of fused-ring (bicyclic) bond motifs is 1. The predicted octanol–water partition coefficient (Wildman–Crippen LogP) is 2.89. The van der Waals surface area contributed by atoms with Gasteiger partial charge in [-0.05, 0) is 43.5 Å². The van der Waals surface area contributed by atoms with Gasteiger partial charge in [-0.1, -0.05) is 6.07 Å². The number of aromatic nitrogens is 3. The third kappa shape index (κ3) is 3.17. The Morgan fingerprint density at radius 3 is 2.85 bits per heavy atom. The lowest BCUT2D eigenvalue weighted by Gasteiger charge is -2.22. The number of sulfonamides is 1. The molecular formula is C18H20N4O3S. The number of nitrogens with zero attached hydrogens (tertiary/aromatic N) is 3. The van der Waals surface area contributed by atoms with Crippen LogP contribution in [0.15, 0.2) is 47.8 Å². The van der Waals surface area contributed by atoms with E-state index < -0.39 is 10.0 Å². The molecule has 0 amide bonds. The van der Waals surface area contributed by atoms with E-state index in [-0.39, 0.29) is 10.9 Å². The van der Waals surface area contributed by atoms with Gasteiger partial charge in [-0.25, -0.2) is 8.42 Å². The van der Waals surface area contributed by atoms with E-state index in [0.717, 1.165) is 29.3 Å². The Balaban J connectivity index is 1.64. The zero-order valence-electron chi connectivity index (χ0n) is 14.4. The molecule has 0 atom stereocenters. The summed E-state index contributed by atoms with van der Waals surface area (Å²) in [5.74, 6) is 0. The molecule has 1 aliphatic rings. The number of pyridine rings is 1. The van der Waals surface area contributed by atoms with Gasteiger partial charge in [-0.3, -0.25) is 14.4 Å². The molecule has 3 heterocycles. The van der Waals surface area contributed by atoms with E-state index >= 15 is 0 Å². The number of aryl methyl sites for hydroxylation is 1. The Morgan fingerprint density at radius 1 is 1.23 bits per heavy atom. The second-order valence-corrected chi connectivity index (χ2v) is 8.12. The molecule has 1 N–H and O–H groups in total. The summed E-state index contributed by atoms with van der Waals surface area (Å²) in [6, 6.07) is 7.46. The summed E-state index contributed by atoms with van der Waals surface area (Å²) >= 11 is 0. The number of hydrogen-bond acceptors (Lipinski definition) is 5. The number of rotatable bonds is 4. The fourth-order valence-electron chi connectivity index (χ4n) is 3.22. The van der Waals surface area contributed by atoms with Gasteiger partial charge >= 0.3 is 0 Å². The molecule has 0 unspecified atom stereocenters. The standard InChI is InChI=1S/C18H20N4O3S/c1-13-4-5-17(16-3-2-8-19-18(13)16)21-26(23,24)15-11-20-22(12-15)14-6-9-25-10-7-14/h2-5,8,11-12,14,21H,6-7,9-10H2,1H3. The van der Waals surface area contributed by atoms with Gasteiger partial charge in [0, 0.05) is 31.0 Å². The highest BCUT2D eigenvalue weighted by atomic mass is 32.2. The highest BCUT2D eigenvalue weighted by Crippen LogP contribution is 2.27. The second-order valence-electron chi connectivity index (χ2n) is 6.43. The number of ether oxygens (including phenoxy) is 1. The molecule has 26 heavy (non-hydrogen) atoms. The van der Waals surface area contributed by atoms with Crippen LogP contribution in [0.1, 0.15) is 24.4 Å². The molecule has 0 radical (unpaired) electrons. The van der Waals surface area contributed by atoms with Crippen molar-refractivity contribution in [1.82, 2.24) is 14.8 Å². The van der Waals surface area contributed by atoms with Crippen molar-refractivity contribution in [3.63, 3.8) is 0 Å². The largest absolute Gasteiger partial charge is 0.381 e. The van der Waals surface area contributed by atoms with E-state index in [2.05, 4.69) is 14.8 Å². The molecule has 7 nitrogen and oxygen atoms in total. The minimum absolute atomic E-state index is 0.154. The van der Waals surface area contributed by atoms with Gasteiger partial charge in [0.2, 0.25) is 0 Å². The van der Waals surface area contributed by atoms with Crippen LogP contribution in [0.5, 0.6) is 0 Å². The average molecular weight is 372 g/mol. The summed E-state index contributed by atoms with van der Waals surface area (Å²) in [6.07, 6.45) is 6.36. The Labute approximate surface area is 152 Å². The maximum absolute atomic E-state index is 12.8. The van der Waals surface area contributed by atoms with Crippen LogP contribution in [-0.4, -0.2) is 36.4 Å². The van der Waals surface area contributed by atoms with Crippen molar-refractivity contribution in [3.8, 4) is 0 Å². The van der Waals surface area contributed by atoms with Crippen LogP contribution in [0.3, 0.4) is 0 Å². The number of nitrogens with one attached hydrogen (secondary N) is 1. The predicted molar refractivity (Wildman–Crippen MR) is 98.6 cm³/mol. The maximum Gasteiger partial charge on any atom is 0.265 e. The van der Waals surface area contributed by atoms with Crippen LogP contribution in [0.2, 0.25) is 0 Å². The topological polar surface area (TPSA) is 86.1 Å². The Hall–Kier alpha value is -2.45. The molecule has 136 valence electrons. The van der Waals surface area contributed by atoms with E-state index in [4.69, 9.17) is 4.74 Å². The number of anilines is 1. The van der Waals surface area contributed by atoms with Gasteiger partial charge < -0.3 is 4.74 Å². The molecule has 0 spiro atoms. The van der Waals surface area contributed by atoms with Crippen LogP contribution in [0, 0.1) is 6.92 Å². The first kappa shape index (κ1) is 17.0. The van der Waals surface area contributed by atoms with Crippen molar-refractivity contribution in [2.45, 2.75) is 30.7 Å². The van der Waals surface area contributed by atoms with Crippen molar-refractivity contribution in [3.05, 3.63) is 48.4 Å². The molecule has 1 fully saturated rings. The zero-order valence-corrected chi connectivity index (χ0v) is 15.2. The molecule has 1 aliphatic heterocycles. The van der Waals surface area contributed by atoms with Gasteiger partial charge in [0.1, 0.15) is 4.90 Å². The maximum atomic E-state index is 12.8. The fraction of sp³-hybridized carbons (Fsp3) is 0.333. The molecule has 4 rings (SSSR count). The Morgan fingerprint density at radius 2 is 2.04 bits per heavy atom. The van der Waals surface area contributed by atoms with Crippen LogP contribution in [0.4, 0.5) is 5.69 Å². The van der Waals surface area contributed by atoms with Gasteiger partial charge in [-0.2, -0.15) is 5.10 Å². The minimum Gasteiger partial charge on any atom is -0.381 e. The molecule has 1 aromatic carbocycles. The first-order valence-corrected chi connectivity index (χ1v) is 10.0. The van der Waals surface area contributed by atoms with Gasteiger partial charge in [0.25, 0.3) is 10.0 Å². The van der Waals surface area contributed by atoms with E-state index in [1.54, 1.807) is 29.2 Å². The van der Waals surface area contributed by atoms with E-state index in [1.807, 2.05) is 19.1 Å². The second kappa shape index (κ2) is 6.69. The summed E-state index contributed by atoms with van der Waals surface area (Å²) < 4.78 is 35.4. The normalized spacial score (nSPS) is 16.0. The zero-order chi connectivity index (χ0) is 18.1. The molecule has 0 aliphatic carbocycles. The van der Waals surface area contributed by atoms with Crippen LogP contribution in [-0.2, 0) is 14.8 Å². The quantitative estimate of drug-likeness (QED) is 0.761. The highest BCUT2D eigenvalue weighted by Gasteiger charge is 2.22. The average Bonchev–Trinajstić information content (AvgIpc) is 3.16. The van der Waals surface area contributed by atoms with E-state index in [1.165, 1.54) is 6.20 Å².